The molecule has 1 aliphatic carbocycles. The summed E-state index contributed by atoms with van der Waals surface area (Å²) in [5.74, 6) is 0. The molecule has 1 aliphatic heterocycles. The number of hydrogen-bond donors (Lipinski definition) is 2. The van der Waals surface area contributed by atoms with E-state index in [0.29, 0.717) is 11.0 Å². The van der Waals surface area contributed by atoms with Crippen molar-refractivity contribution in [2.75, 3.05) is 33.8 Å². The van der Waals surface area contributed by atoms with Gasteiger partial charge < -0.3 is 15.0 Å². The Kier molecular flexibility index (Phi) is 7.91. The summed E-state index contributed by atoms with van der Waals surface area (Å²) >= 11 is 0. The van der Waals surface area contributed by atoms with E-state index < -0.39 is 0 Å². The SMILES string of the molecule is CC1(C)CCC2(CCCCO2)CC1.CNCCN(C)Cc1cn[nH]c1. The topological polar surface area (TPSA) is 53.2 Å². The summed E-state index contributed by atoms with van der Waals surface area (Å²) in [5, 5.41) is 9.80. The molecule has 0 aromatic carbocycles. The van der Waals surface area contributed by atoms with Gasteiger partial charge in [-0.05, 0) is 64.5 Å². The van der Waals surface area contributed by atoms with Gasteiger partial charge in [-0.1, -0.05) is 13.8 Å². The van der Waals surface area contributed by atoms with Crippen LogP contribution < -0.4 is 5.32 Å². The Balaban J connectivity index is 0.000000181. The summed E-state index contributed by atoms with van der Waals surface area (Å²) in [6.07, 6.45) is 13.1. The highest BCUT2D eigenvalue weighted by Crippen LogP contribution is 2.45. The number of nitrogens with one attached hydrogen (secondary N) is 2. The van der Waals surface area contributed by atoms with Crippen LogP contribution >= 0.6 is 0 Å². The summed E-state index contributed by atoms with van der Waals surface area (Å²) in [5.41, 5.74) is 2.12. The van der Waals surface area contributed by atoms with Crippen LogP contribution in [0.25, 0.3) is 0 Å². The summed E-state index contributed by atoms with van der Waals surface area (Å²) in [7, 11) is 4.07. The molecule has 0 bridgehead atoms. The van der Waals surface area contributed by atoms with Crippen LogP contribution in [0.3, 0.4) is 0 Å². The minimum atomic E-state index is 0.313. The van der Waals surface area contributed by atoms with Crippen molar-refractivity contribution in [3.63, 3.8) is 0 Å². The Hall–Kier alpha value is -0.910. The van der Waals surface area contributed by atoms with Gasteiger partial charge in [-0.25, -0.2) is 0 Å². The fourth-order valence-electron chi connectivity index (χ4n) is 3.74. The van der Waals surface area contributed by atoms with Crippen LogP contribution in [-0.2, 0) is 11.3 Å². The molecule has 2 heterocycles. The molecule has 25 heavy (non-hydrogen) atoms. The Morgan fingerprint density at radius 1 is 1.20 bits per heavy atom. The van der Waals surface area contributed by atoms with Crippen LogP contribution in [0.2, 0.25) is 0 Å². The van der Waals surface area contributed by atoms with Crippen molar-refractivity contribution < 1.29 is 4.74 Å². The minimum absolute atomic E-state index is 0.313. The third-order valence-corrected chi connectivity index (χ3v) is 5.70. The number of rotatable bonds is 5. The molecule has 2 aliphatic rings. The maximum absolute atomic E-state index is 6.00. The summed E-state index contributed by atoms with van der Waals surface area (Å²) in [4.78, 5) is 2.25. The lowest BCUT2D eigenvalue weighted by atomic mass is 9.69. The zero-order chi connectivity index (χ0) is 18.2. The van der Waals surface area contributed by atoms with Crippen molar-refractivity contribution in [3.8, 4) is 0 Å². The van der Waals surface area contributed by atoms with Gasteiger partial charge in [0.15, 0.2) is 0 Å². The first-order valence-electron chi connectivity index (χ1n) is 9.90. The molecule has 1 aromatic heterocycles. The summed E-state index contributed by atoms with van der Waals surface area (Å²) in [6, 6.07) is 0. The molecule has 0 atom stereocenters. The molecule has 0 unspecified atom stereocenters. The van der Waals surface area contributed by atoms with Crippen molar-refractivity contribution in [3.05, 3.63) is 18.0 Å². The average Bonchev–Trinajstić information content (AvgIpc) is 3.11. The molecule has 144 valence electrons. The lowest BCUT2D eigenvalue weighted by Crippen LogP contribution is -2.41. The zero-order valence-corrected chi connectivity index (χ0v) is 16.7. The Morgan fingerprint density at radius 3 is 2.52 bits per heavy atom. The van der Waals surface area contributed by atoms with E-state index in [1.807, 2.05) is 19.4 Å². The number of hydrogen-bond acceptors (Lipinski definition) is 4. The van der Waals surface area contributed by atoms with E-state index in [0.717, 1.165) is 26.2 Å². The van der Waals surface area contributed by atoms with Crippen LogP contribution in [-0.4, -0.2) is 54.5 Å². The number of likely N-dealkylation sites (N-methyl/N-ethyl adjacent to an activating group) is 2. The van der Waals surface area contributed by atoms with Gasteiger partial charge in [0.25, 0.3) is 0 Å². The van der Waals surface area contributed by atoms with Crippen LogP contribution in [0.1, 0.15) is 64.4 Å². The van der Waals surface area contributed by atoms with Crippen molar-refractivity contribution in [1.82, 2.24) is 20.4 Å². The number of H-pyrrole nitrogens is 1. The predicted octanol–water partition coefficient (Wildman–Crippen LogP) is 3.59. The summed E-state index contributed by atoms with van der Waals surface area (Å²) in [6.45, 7) is 8.83. The van der Waals surface area contributed by atoms with E-state index in [4.69, 9.17) is 4.74 Å². The van der Waals surface area contributed by atoms with Crippen molar-refractivity contribution in [1.29, 1.82) is 0 Å². The second kappa shape index (κ2) is 9.70. The molecular weight excluding hydrogens is 312 g/mol. The molecule has 5 heteroatoms. The van der Waals surface area contributed by atoms with Crippen LogP contribution in [0.4, 0.5) is 0 Å². The molecule has 1 saturated carbocycles. The molecular formula is C20H38N4O. The lowest BCUT2D eigenvalue weighted by Gasteiger charge is -2.45. The van der Waals surface area contributed by atoms with E-state index in [1.165, 1.54) is 50.5 Å². The van der Waals surface area contributed by atoms with Crippen molar-refractivity contribution >= 4 is 0 Å². The molecule has 2 N–H and O–H groups in total. The first kappa shape index (κ1) is 20.4. The number of aromatic amines is 1. The van der Waals surface area contributed by atoms with E-state index in [1.54, 1.807) is 0 Å². The molecule has 0 amide bonds. The van der Waals surface area contributed by atoms with Crippen LogP contribution in [0.5, 0.6) is 0 Å². The molecule has 3 rings (SSSR count). The van der Waals surface area contributed by atoms with E-state index in [2.05, 4.69) is 41.3 Å². The highest BCUT2D eigenvalue weighted by atomic mass is 16.5. The van der Waals surface area contributed by atoms with E-state index in [-0.39, 0.29) is 0 Å². The second-order valence-corrected chi connectivity index (χ2v) is 8.60. The van der Waals surface area contributed by atoms with Gasteiger partial charge in [0, 0.05) is 38.0 Å². The second-order valence-electron chi connectivity index (χ2n) is 8.60. The van der Waals surface area contributed by atoms with E-state index >= 15 is 0 Å². The Labute approximate surface area is 153 Å². The zero-order valence-electron chi connectivity index (χ0n) is 16.7. The maximum atomic E-state index is 6.00. The first-order chi connectivity index (χ1) is 11.9. The molecule has 1 spiro atoms. The summed E-state index contributed by atoms with van der Waals surface area (Å²) < 4.78 is 6.00. The van der Waals surface area contributed by atoms with Crippen molar-refractivity contribution in [2.24, 2.45) is 5.41 Å². The van der Waals surface area contributed by atoms with Crippen LogP contribution in [0, 0.1) is 5.41 Å². The number of nitrogens with zero attached hydrogens (tertiary/aromatic N) is 2. The fourth-order valence-corrected chi connectivity index (χ4v) is 3.74. The van der Waals surface area contributed by atoms with Gasteiger partial charge in [0.2, 0.25) is 0 Å². The maximum Gasteiger partial charge on any atom is 0.0683 e. The Morgan fingerprint density at radius 2 is 1.96 bits per heavy atom. The smallest absolute Gasteiger partial charge is 0.0683 e. The third kappa shape index (κ3) is 7.08. The minimum Gasteiger partial charge on any atom is -0.375 e. The predicted molar refractivity (Wildman–Crippen MR) is 104 cm³/mol. The Bertz CT molecular complexity index is 454. The molecule has 1 aromatic rings. The number of ether oxygens (including phenoxy) is 1. The van der Waals surface area contributed by atoms with Gasteiger partial charge in [-0.2, -0.15) is 5.10 Å². The fraction of sp³-hybridized carbons (Fsp3) is 0.850. The van der Waals surface area contributed by atoms with Gasteiger partial charge in [0.1, 0.15) is 0 Å². The standard InChI is InChI=1S/C12H22O.C8H16N4/c1-11(2)6-8-12(9-7-11)5-3-4-10-13-12;1-9-3-4-12(2)7-8-5-10-11-6-8/h3-10H2,1-2H3;5-6,9H,3-4,7H2,1-2H3,(H,10,11). The monoisotopic (exact) mass is 350 g/mol. The quantitative estimate of drug-likeness (QED) is 0.852. The highest BCUT2D eigenvalue weighted by molar-refractivity contribution is 5.01. The third-order valence-electron chi connectivity index (χ3n) is 5.70. The van der Waals surface area contributed by atoms with Crippen molar-refractivity contribution in [2.45, 2.75) is 70.9 Å². The molecule has 5 nitrogen and oxygen atoms in total. The number of aromatic nitrogens is 2. The van der Waals surface area contributed by atoms with E-state index in [9.17, 15) is 0 Å². The largest absolute Gasteiger partial charge is 0.375 e. The van der Waals surface area contributed by atoms with Gasteiger partial charge in [-0.15, -0.1) is 0 Å². The normalized spacial score (nSPS) is 21.8. The van der Waals surface area contributed by atoms with Gasteiger partial charge >= 0.3 is 0 Å². The molecule has 0 radical (unpaired) electrons. The molecule has 1 saturated heterocycles. The highest BCUT2D eigenvalue weighted by Gasteiger charge is 2.39. The molecule has 2 fully saturated rings. The first-order valence-corrected chi connectivity index (χ1v) is 9.90. The lowest BCUT2D eigenvalue weighted by molar-refractivity contribution is -0.114. The van der Waals surface area contributed by atoms with Gasteiger partial charge in [0.05, 0.1) is 11.8 Å². The average molecular weight is 351 g/mol. The van der Waals surface area contributed by atoms with Crippen LogP contribution in [0.15, 0.2) is 12.4 Å². The van der Waals surface area contributed by atoms with Gasteiger partial charge in [-0.3, -0.25) is 5.10 Å².